The van der Waals surface area contributed by atoms with E-state index >= 15 is 0 Å². The fourth-order valence-corrected chi connectivity index (χ4v) is 1.19. The zero-order valence-corrected chi connectivity index (χ0v) is 6.00. The van der Waals surface area contributed by atoms with Crippen molar-refractivity contribution >= 4 is 5.91 Å². The van der Waals surface area contributed by atoms with E-state index in [2.05, 4.69) is 0 Å². The van der Waals surface area contributed by atoms with Crippen LogP contribution in [0.3, 0.4) is 0 Å². The van der Waals surface area contributed by atoms with E-state index in [1.165, 1.54) is 0 Å². The van der Waals surface area contributed by atoms with Gasteiger partial charge in [0.25, 0.3) is 0 Å². The molecule has 0 radical (unpaired) electrons. The normalized spacial score (nSPS) is 25.0. The van der Waals surface area contributed by atoms with Gasteiger partial charge in [-0.3, -0.25) is 4.79 Å². The van der Waals surface area contributed by atoms with Gasteiger partial charge in [0.1, 0.15) is 0 Å². The standard InChI is InChI=1S/C7H10N2O/c1-9-5-3-6(2-4-8)7(9)10/h6H,2-3,5H2,1H3. The van der Waals surface area contributed by atoms with E-state index < -0.39 is 0 Å². The summed E-state index contributed by atoms with van der Waals surface area (Å²) in [6.45, 7) is 0.811. The second-order valence-electron chi connectivity index (χ2n) is 2.61. The highest BCUT2D eigenvalue weighted by Gasteiger charge is 2.28. The van der Waals surface area contributed by atoms with Crippen LogP contribution in [0.25, 0.3) is 0 Å². The van der Waals surface area contributed by atoms with E-state index in [1.54, 1.807) is 11.9 Å². The van der Waals surface area contributed by atoms with Gasteiger partial charge in [-0.05, 0) is 6.42 Å². The molecule has 1 aliphatic heterocycles. The van der Waals surface area contributed by atoms with Crippen molar-refractivity contribution in [2.45, 2.75) is 12.8 Å². The number of amides is 1. The Morgan fingerprint density at radius 2 is 2.60 bits per heavy atom. The van der Waals surface area contributed by atoms with Crippen LogP contribution in [-0.4, -0.2) is 24.4 Å². The highest BCUT2D eigenvalue weighted by Crippen LogP contribution is 2.18. The van der Waals surface area contributed by atoms with E-state index in [1.807, 2.05) is 6.07 Å². The molecule has 1 amide bonds. The minimum Gasteiger partial charge on any atom is -0.345 e. The molecule has 10 heavy (non-hydrogen) atoms. The Hall–Kier alpha value is -1.04. The lowest BCUT2D eigenvalue weighted by atomic mass is 10.1. The van der Waals surface area contributed by atoms with Crippen LogP contribution in [0.5, 0.6) is 0 Å². The summed E-state index contributed by atoms with van der Waals surface area (Å²) in [7, 11) is 1.78. The number of carbonyl (C=O) groups is 1. The predicted octanol–water partition coefficient (Wildman–Crippen LogP) is 0.378. The zero-order chi connectivity index (χ0) is 7.56. The molecule has 1 rings (SSSR count). The van der Waals surface area contributed by atoms with E-state index in [9.17, 15) is 4.79 Å². The minimum atomic E-state index is -0.0185. The molecule has 0 N–H and O–H groups in total. The van der Waals surface area contributed by atoms with Gasteiger partial charge < -0.3 is 4.90 Å². The lowest BCUT2D eigenvalue weighted by Gasteiger charge is -2.06. The van der Waals surface area contributed by atoms with Crippen LogP contribution in [0, 0.1) is 17.2 Å². The molecule has 0 spiro atoms. The van der Waals surface area contributed by atoms with Gasteiger partial charge in [0.05, 0.1) is 12.0 Å². The van der Waals surface area contributed by atoms with Gasteiger partial charge in [0, 0.05) is 20.0 Å². The highest BCUT2D eigenvalue weighted by atomic mass is 16.2. The molecule has 1 heterocycles. The molecule has 0 aromatic heterocycles. The first-order valence-corrected chi connectivity index (χ1v) is 3.37. The summed E-state index contributed by atoms with van der Waals surface area (Å²) in [5.41, 5.74) is 0. The number of nitriles is 1. The maximum Gasteiger partial charge on any atom is 0.226 e. The van der Waals surface area contributed by atoms with Gasteiger partial charge in [0.2, 0.25) is 5.91 Å². The number of carbonyl (C=O) groups excluding carboxylic acids is 1. The van der Waals surface area contributed by atoms with Crippen molar-refractivity contribution in [1.82, 2.24) is 4.90 Å². The van der Waals surface area contributed by atoms with Crippen LogP contribution in [-0.2, 0) is 4.79 Å². The molecule has 0 bridgehead atoms. The molecule has 3 nitrogen and oxygen atoms in total. The summed E-state index contributed by atoms with van der Waals surface area (Å²) < 4.78 is 0. The quantitative estimate of drug-likeness (QED) is 0.525. The molecule has 1 saturated heterocycles. The molecule has 0 aromatic carbocycles. The Labute approximate surface area is 60.2 Å². The average molecular weight is 138 g/mol. The summed E-state index contributed by atoms with van der Waals surface area (Å²) in [6.07, 6.45) is 1.23. The van der Waals surface area contributed by atoms with E-state index in [-0.39, 0.29) is 11.8 Å². The lowest BCUT2D eigenvalue weighted by Crippen LogP contribution is -2.22. The number of rotatable bonds is 1. The summed E-state index contributed by atoms with van der Waals surface area (Å²) in [5, 5.41) is 8.31. The van der Waals surface area contributed by atoms with Gasteiger partial charge in [-0.1, -0.05) is 0 Å². The second-order valence-corrected chi connectivity index (χ2v) is 2.61. The lowest BCUT2D eigenvalue weighted by molar-refractivity contribution is -0.129. The van der Waals surface area contributed by atoms with Crippen molar-refractivity contribution in [3.63, 3.8) is 0 Å². The fourth-order valence-electron chi connectivity index (χ4n) is 1.19. The van der Waals surface area contributed by atoms with Crippen LogP contribution < -0.4 is 0 Å². The first-order valence-electron chi connectivity index (χ1n) is 3.37. The van der Waals surface area contributed by atoms with E-state index in [0.717, 1.165) is 13.0 Å². The van der Waals surface area contributed by atoms with Gasteiger partial charge in [-0.25, -0.2) is 0 Å². The zero-order valence-electron chi connectivity index (χ0n) is 6.00. The first-order chi connectivity index (χ1) is 4.75. The molecule has 0 saturated carbocycles. The van der Waals surface area contributed by atoms with Crippen molar-refractivity contribution in [1.29, 1.82) is 5.26 Å². The van der Waals surface area contributed by atoms with Crippen molar-refractivity contribution < 1.29 is 4.79 Å². The molecule has 1 fully saturated rings. The largest absolute Gasteiger partial charge is 0.345 e. The first kappa shape index (κ1) is 7.07. The van der Waals surface area contributed by atoms with Gasteiger partial charge >= 0.3 is 0 Å². The Morgan fingerprint density at radius 3 is 3.00 bits per heavy atom. The van der Waals surface area contributed by atoms with Gasteiger partial charge in [0.15, 0.2) is 0 Å². The molecule has 54 valence electrons. The Bertz CT molecular complexity index is 183. The molecular formula is C7H10N2O. The van der Waals surface area contributed by atoms with Crippen molar-refractivity contribution in [3.05, 3.63) is 0 Å². The molecule has 0 aromatic rings. The predicted molar refractivity (Wildman–Crippen MR) is 36.0 cm³/mol. The average Bonchev–Trinajstić information content (AvgIpc) is 2.20. The third kappa shape index (κ3) is 1.10. The Balaban J connectivity index is 2.51. The topological polar surface area (TPSA) is 44.1 Å². The maximum atomic E-state index is 11.1. The Kier molecular flexibility index (Phi) is 1.91. The van der Waals surface area contributed by atoms with Crippen LogP contribution >= 0.6 is 0 Å². The minimum absolute atomic E-state index is 0.0185. The molecule has 1 atom stereocenters. The number of hydrogen-bond donors (Lipinski definition) is 0. The number of nitrogens with zero attached hydrogens (tertiary/aromatic N) is 2. The molecule has 1 aliphatic rings. The summed E-state index contributed by atoms with van der Waals surface area (Å²) in [5.74, 6) is 0.108. The summed E-state index contributed by atoms with van der Waals surface area (Å²) in [6, 6.07) is 2.01. The molecule has 0 aliphatic carbocycles. The molecular weight excluding hydrogens is 128 g/mol. The van der Waals surface area contributed by atoms with Crippen molar-refractivity contribution in [2.24, 2.45) is 5.92 Å². The van der Waals surface area contributed by atoms with Gasteiger partial charge in [-0.2, -0.15) is 5.26 Å². The van der Waals surface area contributed by atoms with Gasteiger partial charge in [-0.15, -0.1) is 0 Å². The third-order valence-corrected chi connectivity index (χ3v) is 1.88. The smallest absolute Gasteiger partial charge is 0.226 e. The highest BCUT2D eigenvalue weighted by molar-refractivity contribution is 5.80. The maximum absolute atomic E-state index is 11.1. The van der Waals surface area contributed by atoms with E-state index in [0.29, 0.717) is 6.42 Å². The number of hydrogen-bond acceptors (Lipinski definition) is 2. The van der Waals surface area contributed by atoms with Crippen LogP contribution in [0.4, 0.5) is 0 Å². The summed E-state index contributed by atoms with van der Waals surface area (Å²) >= 11 is 0. The third-order valence-electron chi connectivity index (χ3n) is 1.88. The van der Waals surface area contributed by atoms with Crippen LogP contribution in [0.2, 0.25) is 0 Å². The Morgan fingerprint density at radius 1 is 1.90 bits per heavy atom. The monoisotopic (exact) mass is 138 g/mol. The number of likely N-dealkylation sites (tertiary alicyclic amines) is 1. The second kappa shape index (κ2) is 2.70. The molecule has 1 unspecified atom stereocenters. The fraction of sp³-hybridized carbons (Fsp3) is 0.714. The van der Waals surface area contributed by atoms with Crippen LogP contribution in [0.1, 0.15) is 12.8 Å². The van der Waals surface area contributed by atoms with Crippen molar-refractivity contribution in [2.75, 3.05) is 13.6 Å². The van der Waals surface area contributed by atoms with Crippen molar-refractivity contribution in [3.8, 4) is 6.07 Å². The SMILES string of the molecule is CN1CCC(CC#N)C1=O. The van der Waals surface area contributed by atoms with E-state index in [4.69, 9.17) is 5.26 Å². The van der Waals surface area contributed by atoms with Crippen LogP contribution in [0.15, 0.2) is 0 Å². The molecule has 3 heteroatoms. The summed E-state index contributed by atoms with van der Waals surface area (Å²) in [4.78, 5) is 12.8.